The average molecular weight is 223 g/mol. The highest BCUT2D eigenvalue weighted by molar-refractivity contribution is 5.20. The Bertz CT molecular complexity index is 510. The molecule has 84 valence electrons. The van der Waals surface area contributed by atoms with Gasteiger partial charge in [-0.2, -0.15) is 4.68 Å². The Morgan fingerprint density at radius 1 is 1.56 bits per heavy atom. The molecule has 0 N–H and O–H groups in total. The summed E-state index contributed by atoms with van der Waals surface area (Å²) in [4.78, 5) is 13.3. The number of aromatic nitrogens is 4. The molecule has 8 heteroatoms. The first kappa shape index (κ1) is 10.3. The molecule has 2 aromatic heterocycles. The third kappa shape index (κ3) is 1.76. The molecule has 0 radical (unpaired) electrons. The SMILES string of the molecule is Cc1noc(C)c1Cn1cnc([N+](=O)[O-])n1. The third-order valence-electron chi connectivity index (χ3n) is 2.19. The average Bonchev–Trinajstić information content (AvgIpc) is 2.80. The highest BCUT2D eigenvalue weighted by Crippen LogP contribution is 2.13. The number of nitrogens with zero attached hydrogens (tertiary/aromatic N) is 5. The summed E-state index contributed by atoms with van der Waals surface area (Å²) in [6.45, 7) is 3.94. The monoisotopic (exact) mass is 223 g/mol. The van der Waals surface area contributed by atoms with Crippen molar-refractivity contribution in [3.63, 3.8) is 0 Å². The number of hydrogen-bond donors (Lipinski definition) is 0. The molecule has 0 amide bonds. The van der Waals surface area contributed by atoms with Crippen LogP contribution in [0, 0.1) is 24.0 Å². The predicted molar refractivity (Wildman–Crippen MR) is 51.8 cm³/mol. The van der Waals surface area contributed by atoms with E-state index in [0.29, 0.717) is 12.3 Å². The zero-order valence-corrected chi connectivity index (χ0v) is 8.75. The molecule has 0 bridgehead atoms. The van der Waals surface area contributed by atoms with E-state index >= 15 is 0 Å². The number of rotatable bonds is 3. The number of nitro groups is 1. The van der Waals surface area contributed by atoms with Crippen LogP contribution in [-0.4, -0.2) is 24.8 Å². The molecule has 2 aromatic rings. The molecule has 0 atom stereocenters. The Morgan fingerprint density at radius 2 is 2.31 bits per heavy atom. The lowest BCUT2D eigenvalue weighted by Crippen LogP contribution is -2.02. The predicted octanol–water partition coefficient (Wildman–Crippen LogP) is 0.839. The Labute approximate surface area is 90.0 Å². The van der Waals surface area contributed by atoms with E-state index in [1.165, 1.54) is 11.0 Å². The van der Waals surface area contributed by atoms with Crippen molar-refractivity contribution in [2.75, 3.05) is 0 Å². The van der Waals surface area contributed by atoms with Crippen molar-refractivity contribution in [2.24, 2.45) is 0 Å². The van der Waals surface area contributed by atoms with E-state index in [-0.39, 0.29) is 0 Å². The van der Waals surface area contributed by atoms with Crippen LogP contribution < -0.4 is 0 Å². The summed E-state index contributed by atoms with van der Waals surface area (Å²) in [5.74, 6) is 0.266. The molecule has 0 saturated heterocycles. The Hall–Kier alpha value is -2.25. The first-order valence-corrected chi connectivity index (χ1v) is 4.53. The van der Waals surface area contributed by atoms with Crippen molar-refractivity contribution in [2.45, 2.75) is 20.4 Å². The molecule has 0 aliphatic carbocycles. The van der Waals surface area contributed by atoms with Gasteiger partial charge in [0.1, 0.15) is 5.76 Å². The number of aryl methyl sites for hydroxylation is 2. The van der Waals surface area contributed by atoms with Gasteiger partial charge in [-0.3, -0.25) is 0 Å². The standard InChI is InChI=1S/C8H9N5O3/c1-5-7(6(2)16-11-5)3-12-4-9-8(10-12)13(14)15/h4H,3H2,1-2H3. The van der Waals surface area contributed by atoms with Crippen LogP contribution in [0.2, 0.25) is 0 Å². The van der Waals surface area contributed by atoms with Crippen LogP contribution in [0.5, 0.6) is 0 Å². The molecule has 0 spiro atoms. The zero-order valence-electron chi connectivity index (χ0n) is 8.75. The summed E-state index contributed by atoms with van der Waals surface area (Å²) in [5.41, 5.74) is 1.61. The first-order chi connectivity index (χ1) is 7.58. The van der Waals surface area contributed by atoms with Gasteiger partial charge in [0, 0.05) is 10.7 Å². The summed E-state index contributed by atoms with van der Waals surface area (Å²) in [6, 6.07) is 0. The smallest absolute Gasteiger partial charge is 0.390 e. The van der Waals surface area contributed by atoms with Gasteiger partial charge in [0.25, 0.3) is 0 Å². The van der Waals surface area contributed by atoms with E-state index in [2.05, 4.69) is 15.2 Å². The van der Waals surface area contributed by atoms with Crippen LogP contribution in [0.15, 0.2) is 10.9 Å². The Morgan fingerprint density at radius 3 is 2.81 bits per heavy atom. The van der Waals surface area contributed by atoms with Gasteiger partial charge in [-0.25, -0.2) is 0 Å². The van der Waals surface area contributed by atoms with Gasteiger partial charge in [0.2, 0.25) is 6.33 Å². The lowest BCUT2D eigenvalue weighted by Gasteiger charge is -1.95. The number of hydrogen-bond acceptors (Lipinski definition) is 6. The maximum Gasteiger partial charge on any atom is 0.490 e. The fourth-order valence-corrected chi connectivity index (χ4v) is 1.33. The third-order valence-corrected chi connectivity index (χ3v) is 2.19. The molecule has 0 unspecified atom stereocenters. The molecule has 0 fully saturated rings. The van der Waals surface area contributed by atoms with E-state index in [1.54, 1.807) is 13.8 Å². The van der Waals surface area contributed by atoms with Gasteiger partial charge < -0.3 is 14.6 Å². The highest BCUT2D eigenvalue weighted by Gasteiger charge is 2.16. The molecule has 8 nitrogen and oxygen atoms in total. The topological polar surface area (TPSA) is 99.9 Å². The fraction of sp³-hybridized carbons (Fsp3) is 0.375. The molecular formula is C8H9N5O3. The maximum atomic E-state index is 10.4. The summed E-state index contributed by atoms with van der Waals surface area (Å²) < 4.78 is 6.36. The molecule has 2 heterocycles. The minimum Gasteiger partial charge on any atom is -0.390 e. The Kier molecular flexibility index (Phi) is 2.39. The van der Waals surface area contributed by atoms with E-state index in [1.807, 2.05) is 0 Å². The van der Waals surface area contributed by atoms with E-state index in [0.717, 1.165) is 11.3 Å². The second kappa shape index (κ2) is 3.72. The van der Waals surface area contributed by atoms with Crippen LogP contribution in [0.4, 0.5) is 5.95 Å². The fourth-order valence-electron chi connectivity index (χ4n) is 1.33. The van der Waals surface area contributed by atoms with Crippen molar-refractivity contribution in [3.05, 3.63) is 33.5 Å². The van der Waals surface area contributed by atoms with Crippen molar-refractivity contribution in [1.82, 2.24) is 19.9 Å². The minimum absolute atomic E-state index is 0.363. The molecule has 0 aliphatic rings. The van der Waals surface area contributed by atoms with Crippen molar-refractivity contribution < 1.29 is 9.45 Å². The molecular weight excluding hydrogens is 214 g/mol. The van der Waals surface area contributed by atoms with Crippen LogP contribution in [-0.2, 0) is 6.54 Å². The van der Waals surface area contributed by atoms with Crippen molar-refractivity contribution >= 4 is 5.95 Å². The van der Waals surface area contributed by atoms with Crippen LogP contribution in [0.3, 0.4) is 0 Å². The van der Waals surface area contributed by atoms with Crippen LogP contribution >= 0.6 is 0 Å². The van der Waals surface area contributed by atoms with Gasteiger partial charge in [0.15, 0.2) is 0 Å². The summed E-state index contributed by atoms with van der Waals surface area (Å²) >= 11 is 0. The largest absolute Gasteiger partial charge is 0.490 e. The van der Waals surface area contributed by atoms with Crippen LogP contribution in [0.25, 0.3) is 0 Å². The summed E-state index contributed by atoms with van der Waals surface area (Å²) in [7, 11) is 0. The second-order valence-corrected chi connectivity index (χ2v) is 3.30. The van der Waals surface area contributed by atoms with Gasteiger partial charge in [-0.15, -0.1) is 0 Å². The molecule has 16 heavy (non-hydrogen) atoms. The molecule has 0 aliphatic heterocycles. The van der Waals surface area contributed by atoms with Crippen LogP contribution in [0.1, 0.15) is 17.0 Å². The molecule has 0 saturated carbocycles. The van der Waals surface area contributed by atoms with Gasteiger partial charge in [0.05, 0.1) is 12.2 Å². The van der Waals surface area contributed by atoms with Gasteiger partial charge in [-0.05, 0) is 18.8 Å². The lowest BCUT2D eigenvalue weighted by molar-refractivity contribution is -0.394. The van der Waals surface area contributed by atoms with Crippen molar-refractivity contribution in [3.8, 4) is 0 Å². The first-order valence-electron chi connectivity index (χ1n) is 4.53. The Balaban J connectivity index is 2.24. The molecule has 2 rings (SSSR count). The summed E-state index contributed by atoms with van der Waals surface area (Å²) in [6.07, 6.45) is 1.31. The minimum atomic E-state index is -0.635. The van der Waals surface area contributed by atoms with E-state index in [4.69, 9.17) is 4.52 Å². The highest BCUT2D eigenvalue weighted by atomic mass is 16.6. The quantitative estimate of drug-likeness (QED) is 0.564. The normalized spacial score (nSPS) is 10.6. The second-order valence-electron chi connectivity index (χ2n) is 3.30. The van der Waals surface area contributed by atoms with Gasteiger partial charge in [-0.1, -0.05) is 10.1 Å². The van der Waals surface area contributed by atoms with Crippen molar-refractivity contribution in [1.29, 1.82) is 0 Å². The van der Waals surface area contributed by atoms with Gasteiger partial charge >= 0.3 is 5.95 Å². The molecule has 0 aromatic carbocycles. The maximum absolute atomic E-state index is 10.4. The van der Waals surface area contributed by atoms with E-state index in [9.17, 15) is 10.1 Å². The van der Waals surface area contributed by atoms with E-state index < -0.39 is 10.9 Å². The summed E-state index contributed by atoms with van der Waals surface area (Å²) in [5, 5.41) is 17.9. The zero-order chi connectivity index (χ0) is 11.7. The lowest BCUT2D eigenvalue weighted by atomic mass is 10.2.